The summed E-state index contributed by atoms with van der Waals surface area (Å²) < 4.78 is 5.07. The molecule has 1 aromatic rings. The van der Waals surface area contributed by atoms with Crippen molar-refractivity contribution in [2.45, 2.75) is 20.4 Å². The molecule has 0 aliphatic carbocycles. The number of hydrogen-bond donors (Lipinski definition) is 1. The molecule has 0 fully saturated rings. The highest BCUT2D eigenvalue weighted by molar-refractivity contribution is 8.14. The van der Waals surface area contributed by atoms with E-state index >= 15 is 0 Å². The van der Waals surface area contributed by atoms with Crippen molar-refractivity contribution in [3.05, 3.63) is 17.0 Å². The van der Waals surface area contributed by atoms with Gasteiger partial charge in [0.05, 0.1) is 12.2 Å². The van der Waals surface area contributed by atoms with Crippen LogP contribution in [0.4, 0.5) is 0 Å². The molecule has 0 bridgehead atoms. The van der Waals surface area contributed by atoms with E-state index in [4.69, 9.17) is 4.52 Å². The lowest BCUT2D eigenvalue weighted by atomic mass is 10.2. The standard InChI is InChI=1S/C9H13N3OS/c1-6-8(7(2)13-12-6)5-11-9-10-3-4-14-9/h3-5H2,1-2H3,(H,10,11). The van der Waals surface area contributed by atoms with Crippen LogP contribution in [0.25, 0.3) is 0 Å². The van der Waals surface area contributed by atoms with E-state index in [0.717, 1.165) is 41.0 Å². The van der Waals surface area contributed by atoms with Crippen LogP contribution in [0, 0.1) is 13.8 Å². The van der Waals surface area contributed by atoms with Crippen LogP contribution in [0.5, 0.6) is 0 Å². The van der Waals surface area contributed by atoms with E-state index in [9.17, 15) is 0 Å². The second kappa shape index (κ2) is 4.04. The normalized spacial score (nSPS) is 15.7. The van der Waals surface area contributed by atoms with E-state index < -0.39 is 0 Å². The molecule has 1 aromatic heterocycles. The Bertz CT molecular complexity index is 339. The predicted molar refractivity (Wildman–Crippen MR) is 57.6 cm³/mol. The average molecular weight is 211 g/mol. The van der Waals surface area contributed by atoms with E-state index in [-0.39, 0.29) is 0 Å². The van der Waals surface area contributed by atoms with Crippen LogP contribution in [0.1, 0.15) is 17.0 Å². The van der Waals surface area contributed by atoms with Crippen LogP contribution in [0.2, 0.25) is 0 Å². The summed E-state index contributed by atoms with van der Waals surface area (Å²) in [5, 5.41) is 8.21. The Hall–Kier alpha value is -0.970. The molecule has 4 nitrogen and oxygen atoms in total. The van der Waals surface area contributed by atoms with E-state index in [1.807, 2.05) is 13.8 Å². The lowest BCUT2D eigenvalue weighted by Gasteiger charge is -2.03. The van der Waals surface area contributed by atoms with Gasteiger partial charge in [-0.1, -0.05) is 16.9 Å². The molecule has 1 N–H and O–H groups in total. The van der Waals surface area contributed by atoms with Gasteiger partial charge in [0.25, 0.3) is 0 Å². The number of aliphatic imine (C=N–C) groups is 1. The summed E-state index contributed by atoms with van der Waals surface area (Å²) in [7, 11) is 0. The number of aromatic nitrogens is 1. The summed E-state index contributed by atoms with van der Waals surface area (Å²) in [6.07, 6.45) is 0. The molecule has 14 heavy (non-hydrogen) atoms. The van der Waals surface area contributed by atoms with Gasteiger partial charge in [0, 0.05) is 17.9 Å². The first-order valence-electron chi connectivity index (χ1n) is 4.60. The molecule has 0 spiro atoms. The van der Waals surface area contributed by atoms with Crippen LogP contribution in [0.15, 0.2) is 9.52 Å². The van der Waals surface area contributed by atoms with Crippen LogP contribution >= 0.6 is 11.8 Å². The third-order valence-electron chi connectivity index (χ3n) is 2.18. The zero-order valence-corrected chi connectivity index (χ0v) is 9.15. The fourth-order valence-electron chi connectivity index (χ4n) is 1.36. The van der Waals surface area contributed by atoms with E-state index in [2.05, 4.69) is 15.5 Å². The number of hydrogen-bond acceptors (Lipinski definition) is 5. The number of thioether (sulfide) groups is 1. The molecule has 0 saturated carbocycles. The van der Waals surface area contributed by atoms with E-state index in [1.54, 1.807) is 11.8 Å². The van der Waals surface area contributed by atoms with Crippen LogP contribution < -0.4 is 5.32 Å². The maximum absolute atomic E-state index is 5.07. The summed E-state index contributed by atoms with van der Waals surface area (Å²) in [5.74, 6) is 1.97. The zero-order chi connectivity index (χ0) is 9.97. The molecule has 2 heterocycles. The Labute approximate surface area is 87.1 Å². The minimum atomic E-state index is 0.757. The van der Waals surface area contributed by atoms with Gasteiger partial charge in [-0.15, -0.1) is 0 Å². The third-order valence-corrected chi connectivity index (χ3v) is 3.12. The SMILES string of the molecule is Cc1noc(C)c1CNC1=NCCS1. The minimum absolute atomic E-state index is 0.757. The Morgan fingerprint density at radius 2 is 2.36 bits per heavy atom. The lowest BCUT2D eigenvalue weighted by Crippen LogP contribution is -2.18. The van der Waals surface area contributed by atoms with Crippen molar-refractivity contribution in [3.63, 3.8) is 0 Å². The summed E-state index contributed by atoms with van der Waals surface area (Å²) in [4.78, 5) is 4.31. The van der Waals surface area contributed by atoms with Gasteiger partial charge in [0.15, 0.2) is 5.17 Å². The van der Waals surface area contributed by atoms with Crippen LogP contribution in [0.3, 0.4) is 0 Å². The Kier molecular flexibility index (Phi) is 2.77. The summed E-state index contributed by atoms with van der Waals surface area (Å²) in [6, 6.07) is 0. The third kappa shape index (κ3) is 1.92. The second-order valence-electron chi connectivity index (χ2n) is 3.19. The molecule has 2 rings (SSSR count). The Morgan fingerprint density at radius 3 is 2.93 bits per heavy atom. The first-order valence-corrected chi connectivity index (χ1v) is 5.59. The molecule has 0 unspecified atom stereocenters. The minimum Gasteiger partial charge on any atom is -0.361 e. The molecule has 0 aromatic carbocycles. The van der Waals surface area contributed by atoms with Gasteiger partial charge in [0.1, 0.15) is 5.76 Å². The average Bonchev–Trinajstić information content (AvgIpc) is 2.76. The molecular weight excluding hydrogens is 198 g/mol. The molecule has 0 amide bonds. The first-order chi connectivity index (χ1) is 6.77. The quantitative estimate of drug-likeness (QED) is 0.805. The fourth-order valence-corrected chi connectivity index (χ4v) is 2.09. The van der Waals surface area contributed by atoms with Crippen molar-refractivity contribution in [3.8, 4) is 0 Å². The van der Waals surface area contributed by atoms with E-state index in [0.29, 0.717) is 0 Å². The molecule has 0 atom stereocenters. The van der Waals surface area contributed by atoms with Crippen LogP contribution in [-0.4, -0.2) is 22.6 Å². The maximum atomic E-state index is 5.07. The number of aryl methyl sites for hydroxylation is 2. The smallest absolute Gasteiger partial charge is 0.156 e. The lowest BCUT2D eigenvalue weighted by molar-refractivity contribution is 0.392. The van der Waals surface area contributed by atoms with Gasteiger partial charge < -0.3 is 9.84 Å². The van der Waals surface area contributed by atoms with Crippen molar-refractivity contribution >= 4 is 16.9 Å². The Balaban J connectivity index is 1.97. The highest BCUT2D eigenvalue weighted by atomic mass is 32.2. The number of amidine groups is 1. The van der Waals surface area contributed by atoms with E-state index in [1.165, 1.54) is 0 Å². The number of rotatable bonds is 2. The molecule has 1 aliphatic heterocycles. The maximum Gasteiger partial charge on any atom is 0.156 e. The topological polar surface area (TPSA) is 50.4 Å². The predicted octanol–water partition coefficient (Wildman–Crippen LogP) is 1.48. The number of nitrogens with zero attached hydrogens (tertiary/aromatic N) is 2. The Morgan fingerprint density at radius 1 is 1.50 bits per heavy atom. The summed E-state index contributed by atoms with van der Waals surface area (Å²) in [6.45, 7) is 5.57. The van der Waals surface area contributed by atoms with Gasteiger partial charge >= 0.3 is 0 Å². The summed E-state index contributed by atoms with van der Waals surface area (Å²) >= 11 is 1.76. The van der Waals surface area contributed by atoms with Gasteiger partial charge in [-0.05, 0) is 13.8 Å². The molecular formula is C9H13N3OS. The largest absolute Gasteiger partial charge is 0.361 e. The monoisotopic (exact) mass is 211 g/mol. The molecule has 76 valence electrons. The van der Waals surface area contributed by atoms with Crippen molar-refractivity contribution in [1.29, 1.82) is 0 Å². The summed E-state index contributed by atoms with van der Waals surface area (Å²) in [5.41, 5.74) is 2.10. The molecule has 0 radical (unpaired) electrons. The van der Waals surface area contributed by atoms with Gasteiger partial charge in [-0.25, -0.2) is 0 Å². The second-order valence-corrected chi connectivity index (χ2v) is 4.28. The molecule has 1 aliphatic rings. The van der Waals surface area contributed by atoms with Gasteiger partial charge in [0.2, 0.25) is 0 Å². The first kappa shape index (κ1) is 9.58. The van der Waals surface area contributed by atoms with Crippen molar-refractivity contribution < 1.29 is 4.52 Å². The number of nitrogens with one attached hydrogen (secondary N) is 1. The van der Waals surface area contributed by atoms with Crippen LogP contribution in [-0.2, 0) is 6.54 Å². The van der Waals surface area contributed by atoms with Crippen molar-refractivity contribution in [1.82, 2.24) is 10.5 Å². The van der Waals surface area contributed by atoms with Gasteiger partial charge in [-0.3, -0.25) is 4.99 Å². The van der Waals surface area contributed by atoms with Crippen molar-refractivity contribution in [2.24, 2.45) is 4.99 Å². The zero-order valence-electron chi connectivity index (χ0n) is 8.33. The van der Waals surface area contributed by atoms with Gasteiger partial charge in [-0.2, -0.15) is 0 Å². The molecule has 5 heteroatoms. The highest BCUT2D eigenvalue weighted by Crippen LogP contribution is 2.14. The fraction of sp³-hybridized carbons (Fsp3) is 0.556. The molecule has 0 saturated heterocycles. The highest BCUT2D eigenvalue weighted by Gasteiger charge is 2.11. The van der Waals surface area contributed by atoms with Crippen molar-refractivity contribution in [2.75, 3.05) is 12.3 Å².